The Morgan fingerprint density at radius 1 is 1.31 bits per heavy atom. The van der Waals surface area contributed by atoms with E-state index in [4.69, 9.17) is 4.74 Å². The summed E-state index contributed by atoms with van der Waals surface area (Å²) in [6.07, 6.45) is 1.26. The Balaban J connectivity index is 1.96. The molecule has 26 heavy (non-hydrogen) atoms. The highest BCUT2D eigenvalue weighted by atomic mass is 16.6. The molecular formula is C19H26N2O5. The molecule has 1 saturated heterocycles. The highest BCUT2D eigenvalue weighted by Gasteiger charge is 2.37. The van der Waals surface area contributed by atoms with Crippen LogP contribution in [0.1, 0.15) is 38.7 Å². The number of nitrogens with one attached hydrogen (secondary N) is 1. The largest absolute Gasteiger partial charge is 0.480 e. The second kappa shape index (κ2) is 9.22. The lowest BCUT2D eigenvalue weighted by Crippen LogP contribution is -2.52. The quantitative estimate of drug-likeness (QED) is 0.776. The molecule has 1 fully saturated rings. The third-order valence-electron chi connectivity index (χ3n) is 4.77. The highest BCUT2D eigenvalue weighted by Crippen LogP contribution is 2.20. The molecule has 1 aromatic rings. The van der Waals surface area contributed by atoms with Gasteiger partial charge in [-0.3, -0.25) is 9.69 Å². The molecule has 2 amide bonds. The summed E-state index contributed by atoms with van der Waals surface area (Å²) in [6, 6.07) is 7.64. The van der Waals surface area contributed by atoms with Gasteiger partial charge in [-0.1, -0.05) is 50.6 Å². The van der Waals surface area contributed by atoms with Gasteiger partial charge in [0, 0.05) is 6.54 Å². The maximum atomic E-state index is 12.5. The Hall–Kier alpha value is -2.57. The van der Waals surface area contributed by atoms with Gasteiger partial charge in [-0.15, -0.1) is 0 Å². The fourth-order valence-corrected chi connectivity index (χ4v) is 2.99. The van der Waals surface area contributed by atoms with Crippen LogP contribution in [0.25, 0.3) is 0 Å². The maximum Gasteiger partial charge on any atom is 0.410 e. The number of carbonyl (C=O) groups is 3. The first-order valence-electron chi connectivity index (χ1n) is 8.94. The van der Waals surface area contributed by atoms with Crippen LogP contribution in [-0.2, 0) is 20.9 Å². The van der Waals surface area contributed by atoms with Gasteiger partial charge in [-0.2, -0.15) is 0 Å². The van der Waals surface area contributed by atoms with Crippen LogP contribution in [0.3, 0.4) is 0 Å². The SMILES string of the molecule is CC[C@@H](C)[C@H](NC(=O)[C@H]1CCCN1C(=O)OCc1ccccc1)C(=O)O. The summed E-state index contributed by atoms with van der Waals surface area (Å²) in [5.74, 6) is -1.70. The monoisotopic (exact) mass is 362 g/mol. The van der Waals surface area contributed by atoms with Gasteiger partial charge >= 0.3 is 12.1 Å². The molecule has 0 saturated carbocycles. The van der Waals surface area contributed by atoms with Crippen molar-refractivity contribution in [2.24, 2.45) is 5.92 Å². The van der Waals surface area contributed by atoms with E-state index in [9.17, 15) is 19.5 Å². The molecule has 142 valence electrons. The van der Waals surface area contributed by atoms with Gasteiger partial charge in [0.25, 0.3) is 0 Å². The van der Waals surface area contributed by atoms with Gasteiger partial charge in [0.05, 0.1) is 0 Å². The number of amides is 2. The van der Waals surface area contributed by atoms with Crippen LogP contribution in [0.4, 0.5) is 4.79 Å². The molecule has 1 heterocycles. The summed E-state index contributed by atoms with van der Waals surface area (Å²) in [6.45, 7) is 4.21. The number of rotatable bonds is 7. The fraction of sp³-hybridized carbons (Fsp3) is 0.526. The van der Waals surface area contributed by atoms with Crippen molar-refractivity contribution in [1.29, 1.82) is 0 Å². The average molecular weight is 362 g/mol. The summed E-state index contributed by atoms with van der Waals surface area (Å²) < 4.78 is 5.30. The number of benzene rings is 1. The van der Waals surface area contributed by atoms with Gasteiger partial charge in [0.15, 0.2) is 0 Å². The van der Waals surface area contributed by atoms with Gasteiger partial charge in [-0.05, 0) is 24.3 Å². The molecule has 0 radical (unpaired) electrons. The molecular weight excluding hydrogens is 336 g/mol. The zero-order chi connectivity index (χ0) is 19.1. The standard InChI is InChI=1S/C19H26N2O5/c1-3-13(2)16(18(23)24)20-17(22)15-10-7-11-21(15)19(25)26-12-14-8-5-4-6-9-14/h4-6,8-9,13,15-16H,3,7,10-12H2,1-2H3,(H,20,22)(H,23,24)/t13-,15-,16+/m1/s1. The third kappa shape index (κ3) is 4.97. The predicted octanol–water partition coefficient (Wildman–Crippen LogP) is 2.40. The van der Waals surface area contributed by atoms with Crippen LogP contribution >= 0.6 is 0 Å². The Morgan fingerprint density at radius 2 is 2.00 bits per heavy atom. The fourth-order valence-electron chi connectivity index (χ4n) is 2.99. The second-order valence-electron chi connectivity index (χ2n) is 6.60. The van der Waals surface area contributed by atoms with Gasteiger partial charge in [0.1, 0.15) is 18.7 Å². The highest BCUT2D eigenvalue weighted by molar-refractivity contribution is 5.89. The minimum atomic E-state index is -1.07. The smallest absolute Gasteiger partial charge is 0.410 e. The van der Waals surface area contributed by atoms with Crippen molar-refractivity contribution in [3.05, 3.63) is 35.9 Å². The molecule has 0 spiro atoms. The van der Waals surface area contributed by atoms with E-state index in [1.165, 1.54) is 4.90 Å². The summed E-state index contributed by atoms with van der Waals surface area (Å²) in [7, 11) is 0. The molecule has 0 unspecified atom stereocenters. The topological polar surface area (TPSA) is 95.9 Å². The third-order valence-corrected chi connectivity index (χ3v) is 4.77. The number of nitrogens with zero attached hydrogens (tertiary/aromatic N) is 1. The van der Waals surface area contributed by atoms with Crippen molar-refractivity contribution in [2.45, 2.75) is 51.8 Å². The predicted molar refractivity (Wildman–Crippen MR) is 95.4 cm³/mol. The zero-order valence-corrected chi connectivity index (χ0v) is 15.2. The normalized spacial score (nSPS) is 18.8. The Morgan fingerprint density at radius 3 is 2.62 bits per heavy atom. The van der Waals surface area contributed by atoms with E-state index >= 15 is 0 Å². The van der Waals surface area contributed by atoms with E-state index in [-0.39, 0.29) is 12.5 Å². The first-order chi connectivity index (χ1) is 12.4. The molecule has 2 N–H and O–H groups in total. The van der Waals surface area contributed by atoms with E-state index in [2.05, 4.69) is 5.32 Å². The Bertz CT molecular complexity index is 634. The minimum Gasteiger partial charge on any atom is -0.480 e. The second-order valence-corrected chi connectivity index (χ2v) is 6.60. The summed E-state index contributed by atoms with van der Waals surface area (Å²) in [4.78, 5) is 37.7. The molecule has 0 bridgehead atoms. The van der Waals surface area contributed by atoms with Crippen molar-refractivity contribution in [2.75, 3.05) is 6.54 Å². The number of hydrogen-bond donors (Lipinski definition) is 2. The summed E-state index contributed by atoms with van der Waals surface area (Å²) >= 11 is 0. The Kier molecular flexibility index (Phi) is 7.00. The van der Waals surface area contributed by atoms with Crippen molar-refractivity contribution >= 4 is 18.0 Å². The Labute approximate surface area is 153 Å². The zero-order valence-electron chi connectivity index (χ0n) is 15.2. The molecule has 1 aliphatic rings. The van der Waals surface area contributed by atoms with E-state index in [0.29, 0.717) is 25.8 Å². The lowest BCUT2D eigenvalue weighted by atomic mass is 9.99. The number of aliphatic carboxylic acids is 1. The number of carboxylic acid groups (broad SMARTS) is 1. The number of hydrogen-bond acceptors (Lipinski definition) is 4. The molecule has 2 rings (SSSR count). The molecule has 7 nitrogen and oxygen atoms in total. The molecule has 0 aliphatic carbocycles. The minimum absolute atomic E-state index is 0.134. The molecule has 0 aromatic heterocycles. The first-order valence-corrected chi connectivity index (χ1v) is 8.94. The molecule has 3 atom stereocenters. The average Bonchev–Trinajstić information content (AvgIpc) is 3.14. The van der Waals surface area contributed by atoms with Crippen LogP contribution in [0.2, 0.25) is 0 Å². The van der Waals surface area contributed by atoms with E-state index < -0.39 is 30.1 Å². The number of likely N-dealkylation sites (tertiary alicyclic amines) is 1. The van der Waals surface area contributed by atoms with Gasteiger partial charge < -0.3 is 15.2 Å². The lowest BCUT2D eigenvalue weighted by Gasteiger charge is -2.26. The van der Waals surface area contributed by atoms with Crippen LogP contribution in [0, 0.1) is 5.92 Å². The van der Waals surface area contributed by atoms with E-state index in [1.54, 1.807) is 6.92 Å². The van der Waals surface area contributed by atoms with Crippen LogP contribution in [0.15, 0.2) is 30.3 Å². The van der Waals surface area contributed by atoms with Crippen molar-refractivity contribution < 1.29 is 24.2 Å². The van der Waals surface area contributed by atoms with E-state index in [1.807, 2.05) is 37.3 Å². The van der Waals surface area contributed by atoms with Crippen LogP contribution in [0.5, 0.6) is 0 Å². The maximum absolute atomic E-state index is 12.5. The first kappa shape index (κ1) is 19.8. The molecule has 7 heteroatoms. The number of ether oxygens (including phenoxy) is 1. The number of carboxylic acids is 1. The van der Waals surface area contributed by atoms with Crippen molar-refractivity contribution in [3.63, 3.8) is 0 Å². The summed E-state index contributed by atoms with van der Waals surface area (Å²) in [5, 5.41) is 11.9. The van der Waals surface area contributed by atoms with Gasteiger partial charge in [-0.25, -0.2) is 9.59 Å². The van der Waals surface area contributed by atoms with Crippen molar-refractivity contribution in [3.8, 4) is 0 Å². The molecule has 1 aromatic carbocycles. The van der Waals surface area contributed by atoms with Crippen molar-refractivity contribution in [1.82, 2.24) is 10.2 Å². The summed E-state index contributed by atoms with van der Waals surface area (Å²) in [5.41, 5.74) is 0.865. The number of carbonyl (C=O) groups excluding carboxylic acids is 2. The molecule has 1 aliphatic heterocycles. The van der Waals surface area contributed by atoms with Crippen LogP contribution < -0.4 is 5.32 Å². The lowest BCUT2D eigenvalue weighted by molar-refractivity contribution is -0.144. The van der Waals surface area contributed by atoms with Crippen LogP contribution in [-0.4, -0.2) is 46.6 Å². The van der Waals surface area contributed by atoms with Gasteiger partial charge in [0.2, 0.25) is 5.91 Å². The van der Waals surface area contributed by atoms with E-state index in [0.717, 1.165) is 5.56 Å².